The summed E-state index contributed by atoms with van der Waals surface area (Å²) in [6.07, 6.45) is 0.561. The first-order valence-electron chi connectivity index (χ1n) is 3.30. The fraction of sp³-hybridized carbons (Fsp3) is 0.125. The molecule has 0 heterocycles. The molecule has 0 spiro atoms. The molecule has 0 amide bonds. The maximum absolute atomic E-state index is 13.2. The van der Waals surface area contributed by atoms with Gasteiger partial charge >= 0.3 is 0 Å². The molecule has 1 aromatic rings. The molecule has 0 bridgehead atoms. The number of hydrogen-bond acceptors (Lipinski definition) is 1. The molecule has 0 aromatic heterocycles. The Morgan fingerprint density at radius 2 is 2.08 bits per heavy atom. The summed E-state index contributed by atoms with van der Waals surface area (Å²) < 4.78 is 13.2. The van der Waals surface area contributed by atoms with Gasteiger partial charge < -0.3 is 4.79 Å². The summed E-state index contributed by atoms with van der Waals surface area (Å²) in [5, 5.41) is 0.210. The third kappa shape index (κ3) is 2.42. The van der Waals surface area contributed by atoms with Crippen molar-refractivity contribution in [3.8, 4) is 0 Å². The highest BCUT2D eigenvalue weighted by molar-refractivity contribution is 9.09. The molecule has 0 saturated heterocycles. The molecule has 13 heavy (non-hydrogen) atoms. The van der Waals surface area contributed by atoms with Gasteiger partial charge in [-0.15, -0.1) is 0 Å². The Labute approximate surface area is 93.0 Å². The lowest BCUT2D eigenvalue weighted by molar-refractivity contribution is -0.107. The lowest BCUT2D eigenvalue weighted by Crippen LogP contribution is -1.96. The summed E-state index contributed by atoms with van der Waals surface area (Å²) in [6.45, 7) is 0. The molecular formula is C8H4BrCl2FO. The van der Waals surface area contributed by atoms with Crippen LogP contribution in [0.25, 0.3) is 0 Å². The predicted molar refractivity (Wildman–Crippen MR) is 54.2 cm³/mol. The van der Waals surface area contributed by atoms with E-state index in [2.05, 4.69) is 15.9 Å². The van der Waals surface area contributed by atoms with Crippen LogP contribution in [-0.4, -0.2) is 6.29 Å². The monoisotopic (exact) mass is 284 g/mol. The van der Waals surface area contributed by atoms with Crippen LogP contribution in [0.3, 0.4) is 0 Å². The molecule has 0 radical (unpaired) electrons. The van der Waals surface area contributed by atoms with Gasteiger partial charge in [0.05, 0.1) is 9.85 Å². The second-order valence-corrected chi connectivity index (χ2v) is 4.16. The van der Waals surface area contributed by atoms with E-state index < -0.39 is 10.6 Å². The fourth-order valence-electron chi connectivity index (χ4n) is 0.850. The van der Waals surface area contributed by atoms with Crippen molar-refractivity contribution >= 4 is 45.4 Å². The maximum atomic E-state index is 13.2. The molecule has 0 saturated carbocycles. The summed E-state index contributed by atoms with van der Waals surface area (Å²) in [5.74, 6) is -0.625. The van der Waals surface area contributed by atoms with Crippen LogP contribution >= 0.6 is 39.1 Å². The van der Waals surface area contributed by atoms with E-state index in [1.807, 2.05) is 0 Å². The summed E-state index contributed by atoms with van der Waals surface area (Å²) in [7, 11) is 0. The van der Waals surface area contributed by atoms with E-state index in [0.29, 0.717) is 11.3 Å². The van der Waals surface area contributed by atoms with E-state index in [9.17, 15) is 9.18 Å². The smallest absolute Gasteiger partial charge is 0.146 e. The number of alkyl halides is 1. The van der Waals surface area contributed by atoms with Crippen LogP contribution in [0, 0.1) is 5.82 Å². The number of carbonyl (C=O) groups is 1. The average Bonchev–Trinajstić information content (AvgIpc) is 2.10. The largest absolute Gasteiger partial charge is 0.302 e. The third-order valence-electron chi connectivity index (χ3n) is 1.44. The van der Waals surface area contributed by atoms with E-state index in [1.54, 1.807) is 0 Å². The van der Waals surface area contributed by atoms with E-state index in [0.717, 1.165) is 0 Å². The summed E-state index contributed by atoms with van der Waals surface area (Å²) in [5.41, 5.74) is 0.146. The molecule has 0 N–H and O–H groups in total. The molecule has 70 valence electrons. The first-order chi connectivity index (χ1) is 6.06. The molecule has 1 nitrogen and oxygen atoms in total. The molecule has 1 unspecified atom stereocenters. The van der Waals surface area contributed by atoms with Gasteiger partial charge in [0.15, 0.2) is 0 Å². The molecule has 1 atom stereocenters. The first-order valence-corrected chi connectivity index (χ1v) is 4.97. The van der Waals surface area contributed by atoms with Crippen molar-refractivity contribution in [2.75, 3.05) is 0 Å². The molecule has 0 aliphatic heterocycles. The van der Waals surface area contributed by atoms with Crippen LogP contribution in [-0.2, 0) is 4.79 Å². The topological polar surface area (TPSA) is 17.1 Å². The molecule has 5 heteroatoms. The van der Waals surface area contributed by atoms with Crippen molar-refractivity contribution in [2.45, 2.75) is 4.83 Å². The zero-order valence-electron chi connectivity index (χ0n) is 6.23. The summed E-state index contributed by atoms with van der Waals surface area (Å²) in [6, 6.07) is 2.64. The minimum Gasteiger partial charge on any atom is -0.302 e. The van der Waals surface area contributed by atoms with Gasteiger partial charge in [0.1, 0.15) is 12.1 Å². The van der Waals surface area contributed by atoms with Crippen molar-refractivity contribution in [1.82, 2.24) is 0 Å². The summed E-state index contributed by atoms with van der Waals surface area (Å²) >= 11 is 14.1. The summed E-state index contributed by atoms with van der Waals surface area (Å²) in [4.78, 5) is 9.66. The quantitative estimate of drug-likeness (QED) is 0.459. The van der Waals surface area contributed by atoms with E-state index in [1.165, 1.54) is 12.1 Å². The second kappa shape index (κ2) is 4.40. The number of hydrogen-bond donors (Lipinski definition) is 0. The number of aldehydes is 1. The maximum Gasteiger partial charge on any atom is 0.146 e. The van der Waals surface area contributed by atoms with Crippen LogP contribution in [0.1, 0.15) is 10.4 Å². The number of rotatable bonds is 2. The highest BCUT2D eigenvalue weighted by Gasteiger charge is 2.15. The van der Waals surface area contributed by atoms with Crippen LogP contribution in [0.5, 0.6) is 0 Å². The number of carbonyl (C=O) groups excluding carboxylic acids is 1. The second-order valence-electron chi connectivity index (χ2n) is 2.33. The van der Waals surface area contributed by atoms with Crippen LogP contribution in [0.4, 0.5) is 4.39 Å². The SMILES string of the molecule is O=CC(Br)c1cc(Cl)cc(Cl)c1F. The van der Waals surface area contributed by atoms with E-state index in [-0.39, 0.29) is 10.6 Å². The zero-order chi connectivity index (χ0) is 10.0. The highest BCUT2D eigenvalue weighted by Crippen LogP contribution is 2.30. The highest BCUT2D eigenvalue weighted by atomic mass is 79.9. The zero-order valence-corrected chi connectivity index (χ0v) is 9.33. The van der Waals surface area contributed by atoms with Gasteiger partial charge in [-0.1, -0.05) is 39.1 Å². The van der Waals surface area contributed by atoms with Gasteiger partial charge in [-0.3, -0.25) is 0 Å². The van der Waals surface area contributed by atoms with Crippen molar-refractivity contribution < 1.29 is 9.18 Å². The number of halogens is 4. The fourth-order valence-corrected chi connectivity index (χ4v) is 1.69. The van der Waals surface area contributed by atoms with Crippen molar-refractivity contribution in [3.63, 3.8) is 0 Å². The standard InChI is InChI=1S/C8H4BrCl2FO/c9-6(3-13)5-1-4(10)2-7(11)8(5)12/h1-3,6H. The van der Waals surface area contributed by atoms with Crippen LogP contribution in [0.2, 0.25) is 10.0 Å². The van der Waals surface area contributed by atoms with Gasteiger partial charge in [0.2, 0.25) is 0 Å². The van der Waals surface area contributed by atoms with E-state index >= 15 is 0 Å². The van der Waals surface area contributed by atoms with Gasteiger partial charge in [-0.2, -0.15) is 0 Å². The van der Waals surface area contributed by atoms with Crippen LogP contribution < -0.4 is 0 Å². The Hall–Kier alpha value is -0.120. The molecular weight excluding hydrogens is 282 g/mol. The lowest BCUT2D eigenvalue weighted by Gasteiger charge is -2.06. The lowest BCUT2D eigenvalue weighted by atomic mass is 10.1. The van der Waals surface area contributed by atoms with Gasteiger partial charge in [0, 0.05) is 10.6 Å². The minimum atomic E-state index is -0.719. The molecule has 1 rings (SSSR count). The average molecular weight is 286 g/mol. The Balaban J connectivity index is 3.27. The Kier molecular flexibility index (Phi) is 3.71. The number of benzene rings is 1. The molecule has 0 fully saturated rings. The van der Waals surface area contributed by atoms with Gasteiger partial charge in [0.25, 0.3) is 0 Å². The molecule has 0 aliphatic carbocycles. The Morgan fingerprint density at radius 3 is 2.62 bits per heavy atom. The van der Waals surface area contributed by atoms with Gasteiger partial charge in [-0.25, -0.2) is 4.39 Å². The third-order valence-corrected chi connectivity index (χ3v) is 2.64. The van der Waals surface area contributed by atoms with Gasteiger partial charge in [-0.05, 0) is 12.1 Å². The first kappa shape index (κ1) is 11.0. The van der Waals surface area contributed by atoms with Crippen molar-refractivity contribution in [2.24, 2.45) is 0 Å². The predicted octanol–water partition coefficient (Wildman–Crippen LogP) is 3.77. The van der Waals surface area contributed by atoms with Crippen LogP contribution in [0.15, 0.2) is 12.1 Å². The molecule has 1 aromatic carbocycles. The minimum absolute atomic E-state index is 0.0891. The Morgan fingerprint density at radius 1 is 1.46 bits per heavy atom. The molecule has 0 aliphatic rings. The normalized spacial score (nSPS) is 12.6. The Bertz CT molecular complexity index is 343. The van der Waals surface area contributed by atoms with E-state index in [4.69, 9.17) is 23.2 Å². The van der Waals surface area contributed by atoms with Crippen molar-refractivity contribution in [1.29, 1.82) is 0 Å². The van der Waals surface area contributed by atoms with Crippen molar-refractivity contribution in [3.05, 3.63) is 33.6 Å².